The Hall–Kier alpha value is 0.160. The Morgan fingerprint density at radius 2 is 2.55 bits per heavy atom. The first-order valence-corrected chi connectivity index (χ1v) is 5.32. The molecule has 4 heteroatoms. The highest BCUT2D eigenvalue weighted by atomic mass is 127. The van der Waals surface area contributed by atoms with Crippen LogP contribution in [0.25, 0.3) is 0 Å². The topological polar surface area (TPSA) is 38.3 Å². The van der Waals surface area contributed by atoms with Gasteiger partial charge in [0.05, 0.1) is 0 Å². The number of alkyl halides is 1. The van der Waals surface area contributed by atoms with E-state index in [0.717, 1.165) is 30.4 Å². The van der Waals surface area contributed by atoms with E-state index in [9.17, 15) is 4.79 Å². The van der Waals surface area contributed by atoms with Gasteiger partial charge in [0.2, 0.25) is 5.91 Å². The predicted octanol–water partition coefficient (Wildman–Crippen LogP) is 0.717. The molecule has 0 aromatic rings. The number of nitrogens with one attached hydrogen (secondary N) is 1. The third-order valence-corrected chi connectivity index (χ3v) is 2.16. The lowest BCUT2D eigenvalue weighted by Gasteiger charge is -2.08. The quantitative estimate of drug-likeness (QED) is 0.605. The summed E-state index contributed by atoms with van der Waals surface area (Å²) in [6, 6.07) is 0. The second-order valence-corrected chi connectivity index (χ2v) is 3.56. The predicted molar refractivity (Wildman–Crippen MR) is 50.9 cm³/mol. The van der Waals surface area contributed by atoms with Crippen molar-refractivity contribution in [2.75, 3.05) is 17.6 Å². The minimum Gasteiger partial charge on any atom is -0.368 e. The lowest BCUT2D eigenvalue weighted by Crippen LogP contribution is -2.35. The van der Waals surface area contributed by atoms with Crippen LogP contribution in [-0.2, 0) is 9.53 Å². The van der Waals surface area contributed by atoms with Gasteiger partial charge in [-0.25, -0.2) is 0 Å². The Morgan fingerprint density at radius 3 is 3.09 bits per heavy atom. The third-order valence-electron chi connectivity index (χ3n) is 1.62. The van der Waals surface area contributed by atoms with Crippen molar-refractivity contribution >= 4 is 28.5 Å². The zero-order chi connectivity index (χ0) is 8.10. The van der Waals surface area contributed by atoms with Crippen LogP contribution in [0.2, 0.25) is 0 Å². The van der Waals surface area contributed by atoms with Crippen LogP contribution >= 0.6 is 22.6 Å². The largest absolute Gasteiger partial charge is 0.368 e. The monoisotopic (exact) mass is 269 g/mol. The van der Waals surface area contributed by atoms with Crippen LogP contribution in [-0.4, -0.2) is 29.6 Å². The maximum Gasteiger partial charge on any atom is 0.249 e. The molecular weight excluding hydrogens is 257 g/mol. The molecule has 0 saturated carbocycles. The lowest BCUT2D eigenvalue weighted by molar-refractivity contribution is -0.129. The fourth-order valence-corrected chi connectivity index (χ4v) is 1.34. The number of halogens is 1. The summed E-state index contributed by atoms with van der Waals surface area (Å²) >= 11 is 2.23. The number of rotatable bonds is 3. The van der Waals surface area contributed by atoms with Crippen LogP contribution in [0.4, 0.5) is 0 Å². The molecule has 3 nitrogen and oxygen atoms in total. The summed E-state index contributed by atoms with van der Waals surface area (Å²) in [5, 5.41) is 2.80. The van der Waals surface area contributed by atoms with E-state index in [1.54, 1.807) is 0 Å². The van der Waals surface area contributed by atoms with Crippen molar-refractivity contribution in [1.29, 1.82) is 0 Å². The lowest BCUT2D eigenvalue weighted by atomic mass is 10.2. The van der Waals surface area contributed by atoms with Crippen LogP contribution in [0.5, 0.6) is 0 Å². The summed E-state index contributed by atoms with van der Waals surface area (Å²) < 4.78 is 6.15. The van der Waals surface area contributed by atoms with E-state index in [2.05, 4.69) is 27.9 Å². The Kier molecular flexibility index (Phi) is 4.14. The maximum absolute atomic E-state index is 11.2. The molecule has 1 heterocycles. The normalized spacial score (nSPS) is 23.5. The van der Waals surface area contributed by atoms with Gasteiger partial charge in [0.1, 0.15) is 6.10 Å². The Morgan fingerprint density at radius 1 is 1.73 bits per heavy atom. The highest BCUT2D eigenvalue weighted by Gasteiger charge is 2.22. The van der Waals surface area contributed by atoms with Crippen LogP contribution in [0.1, 0.15) is 12.8 Å². The van der Waals surface area contributed by atoms with E-state index < -0.39 is 0 Å². The average molecular weight is 269 g/mol. The summed E-state index contributed by atoms with van der Waals surface area (Å²) in [7, 11) is 0. The minimum atomic E-state index is -0.169. The van der Waals surface area contributed by atoms with Gasteiger partial charge in [0.25, 0.3) is 0 Å². The number of carbonyl (C=O) groups excluding carboxylic acids is 1. The van der Waals surface area contributed by atoms with Gasteiger partial charge in [0, 0.05) is 17.6 Å². The average Bonchev–Trinajstić information content (AvgIpc) is 2.52. The molecule has 1 aliphatic rings. The summed E-state index contributed by atoms with van der Waals surface area (Å²) in [6.07, 6.45) is 1.73. The van der Waals surface area contributed by atoms with Crippen molar-refractivity contribution in [3.05, 3.63) is 0 Å². The van der Waals surface area contributed by atoms with Crippen molar-refractivity contribution < 1.29 is 9.53 Å². The van der Waals surface area contributed by atoms with E-state index in [1.165, 1.54) is 0 Å². The van der Waals surface area contributed by atoms with E-state index in [4.69, 9.17) is 4.74 Å². The molecule has 1 saturated heterocycles. The summed E-state index contributed by atoms with van der Waals surface area (Å²) in [5.74, 6) is 0.0548. The van der Waals surface area contributed by atoms with Gasteiger partial charge >= 0.3 is 0 Å². The number of ether oxygens (including phenoxy) is 1. The minimum absolute atomic E-state index is 0.0548. The van der Waals surface area contributed by atoms with Gasteiger partial charge in [0.15, 0.2) is 0 Å². The van der Waals surface area contributed by atoms with Gasteiger partial charge in [-0.15, -0.1) is 0 Å². The number of hydrogen-bond donors (Lipinski definition) is 1. The van der Waals surface area contributed by atoms with E-state index >= 15 is 0 Å². The molecule has 1 aliphatic heterocycles. The third kappa shape index (κ3) is 2.94. The molecular formula is C7H12INO2. The van der Waals surface area contributed by atoms with Crippen LogP contribution in [0.15, 0.2) is 0 Å². The summed E-state index contributed by atoms with van der Waals surface area (Å²) in [4.78, 5) is 11.2. The van der Waals surface area contributed by atoms with E-state index in [1.807, 2.05) is 0 Å². The van der Waals surface area contributed by atoms with Crippen molar-refractivity contribution in [2.45, 2.75) is 18.9 Å². The first-order valence-electron chi connectivity index (χ1n) is 3.80. The van der Waals surface area contributed by atoms with Gasteiger partial charge in [-0.2, -0.15) is 0 Å². The van der Waals surface area contributed by atoms with Crippen LogP contribution in [0.3, 0.4) is 0 Å². The molecule has 1 amide bonds. The Balaban J connectivity index is 2.17. The zero-order valence-electron chi connectivity index (χ0n) is 6.31. The molecule has 1 fully saturated rings. The molecule has 11 heavy (non-hydrogen) atoms. The summed E-state index contributed by atoms with van der Waals surface area (Å²) in [5.41, 5.74) is 0. The second kappa shape index (κ2) is 4.92. The van der Waals surface area contributed by atoms with Crippen LogP contribution in [0, 0.1) is 0 Å². The molecule has 0 aromatic heterocycles. The summed E-state index contributed by atoms with van der Waals surface area (Å²) in [6.45, 7) is 1.49. The highest BCUT2D eigenvalue weighted by molar-refractivity contribution is 14.1. The van der Waals surface area contributed by atoms with E-state index in [0.29, 0.717) is 0 Å². The fraction of sp³-hybridized carbons (Fsp3) is 0.857. The van der Waals surface area contributed by atoms with Gasteiger partial charge in [-0.3, -0.25) is 4.79 Å². The Bertz CT molecular complexity index is 134. The Labute approximate surface area is 80.0 Å². The molecule has 0 aliphatic carbocycles. The van der Waals surface area contributed by atoms with Crippen molar-refractivity contribution in [1.82, 2.24) is 5.32 Å². The standard InChI is InChI=1S/C7H12INO2/c8-3-4-9-7(10)6-2-1-5-11-6/h6H,1-5H2,(H,9,10). The van der Waals surface area contributed by atoms with Crippen molar-refractivity contribution in [2.24, 2.45) is 0 Å². The van der Waals surface area contributed by atoms with Crippen molar-refractivity contribution in [3.63, 3.8) is 0 Å². The molecule has 1 N–H and O–H groups in total. The maximum atomic E-state index is 11.2. The first-order chi connectivity index (χ1) is 5.34. The fourth-order valence-electron chi connectivity index (χ4n) is 1.07. The SMILES string of the molecule is O=C(NCCI)C1CCCO1. The van der Waals surface area contributed by atoms with E-state index in [-0.39, 0.29) is 12.0 Å². The number of hydrogen-bond acceptors (Lipinski definition) is 2. The number of carbonyl (C=O) groups is 1. The smallest absolute Gasteiger partial charge is 0.249 e. The number of amides is 1. The van der Waals surface area contributed by atoms with Crippen LogP contribution < -0.4 is 5.32 Å². The molecule has 1 atom stereocenters. The molecule has 1 unspecified atom stereocenters. The molecule has 0 radical (unpaired) electrons. The molecule has 0 spiro atoms. The zero-order valence-corrected chi connectivity index (χ0v) is 8.46. The second-order valence-electron chi connectivity index (χ2n) is 2.48. The molecule has 1 rings (SSSR count). The van der Waals surface area contributed by atoms with Crippen molar-refractivity contribution in [3.8, 4) is 0 Å². The molecule has 0 aromatic carbocycles. The van der Waals surface area contributed by atoms with Gasteiger partial charge < -0.3 is 10.1 Å². The highest BCUT2D eigenvalue weighted by Crippen LogP contribution is 2.11. The van der Waals surface area contributed by atoms with Gasteiger partial charge in [-0.1, -0.05) is 22.6 Å². The molecule has 0 bridgehead atoms. The molecule has 64 valence electrons. The first kappa shape index (κ1) is 9.25. The van der Waals surface area contributed by atoms with Gasteiger partial charge in [-0.05, 0) is 12.8 Å².